The molecule has 2 atom stereocenters. The lowest BCUT2D eigenvalue weighted by Gasteiger charge is -2.23. The van der Waals surface area contributed by atoms with Gasteiger partial charge in [-0.15, -0.1) is 0 Å². The van der Waals surface area contributed by atoms with Crippen molar-refractivity contribution in [2.75, 3.05) is 0 Å². The molecule has 2 aliphatic rings. The first kappa shape index (κ1) is 19.6. The van der Waals surface area contributed by atoms with Gasteiger partial charge in [-0.3, -0.25) is 10.4 Å². The van der Waals surface area contributed by atoms with Crippen molar-refractivity contribution in [3.05, 3.63) is 81.8 Å². The fourth-order valence-electron chi connectivity index (χ4n) is 3.65. The summed E-state index contributed by atoms with van der Waals surface area (Å²) in [5.41, 5.74) is 7.84. The fraction of sp³-hybridized carbons (Fsp3) is 0.200. The zero-order valence-corrected chi connectivity index (χ0v) is 16.1. The Morgan fingerprint density at radius 3 is 3.00 bits per heavy atom. The van der Waals surface area contributed by atoms with E-state index in [2.05, 4.69) is 4.98 Å². The number of aromatic nitrogens is 1. The summed E-state index contributed by atoms with van der Waals surface area (Å²) in [6.45, 7) is 0.243. The third kappa shape index (κ3) is 3.79. The number of fused-ring (bicyclic) bond motifs is 1. The standard InChI is InChI=1S/C20H18BClFN3O3/c22-15-6-5-14-17(18(15)23)21(27)29-19(14)12-3-4-13(20(24)25)16(8-12)28-10-11-2-1-7-26-9-11/h1-4,6-9,14,19,27H,5,10H2,(H3,24,25). The minimum absolute atomic E-state index is 0.00743. The molecular formula is C20H18BClFN3O3. The van der Waals surface area contributed by atoms with Crippen molar-refractivity contribution in [1.82, 2.24) is 4.98 Å². The summed E-state index contributed by atoms with van der Waals surface area (Å²) in [7, 11) is -1.36. The molecule has 2 heterocycles. The number of rotatable bonds is 5. The summed E-state index contributed by atoms with van der Waals surface area (Å²) in [6.07, 6.45) is 4.81. The highest BCUT2D eigenvalue weighted by molar-refractivity contribution is 6.54. The van der Waals surface area contributed by atoms with Gasteiger partial charge in [-0.1, -0.05) is 29.8 Å². The van der Waals surface area contributed by atoms with E-state index in [1.165, 1.54) is 0 Å². The van der Waals surface area contributed by atoms with Gasteiger partial charge in [0.1, 0.15) is 24.0 Å². The number of ether oxygens (including phenoxy) is 1. The van der Waals surface area contributed by atoms with E-state index in [0.29, 0.717) is 23.3 Å². The molecule has 2 aromatic rings. The van der Waals surface area contributed by atoms with E-state index in [4.69, 9.17) is 32.1 Å². The van der Waals surface area contributed by atoms with Crippen LogP contribution in [0, 0.1) is 11.3 Å². The van der Waals surface area contributed by atoms with Gasteiger partial charge in [0.25, 0.3) is 0 Å². The van der Waals surface area contributed by atoms with Gasteiger partial charge in [0.05, 0.1) is 16.7 Å². The van der Waals surface area contributed by atoms with Gasteiger partial charge in [0.15, 0.2) is 0 Å². The first-order valence-electron chi connectivity index (χ1n) is 9.05. The molecule has 0 amide bonds. The summed E-state index contributed by atoms with van der Waals surface area (Å²) in [5.74, 6) is -0.739. The van der Waals surface area contributed by atoms with Crippen molar-refractivity contribution in [3.8, 4) is 5.75 Å². The summed E-state index contributed by atoms with van der Waals surface area (Å²) in [4.78, 5) is 4.05. The number of nitrogen functional groups attached to an aromatic ring is 1. The molecule has 2 unspecified atom stereocenters. The number of halogens is 2. The highest BCUT2D eigenvalue weighted by Gasteiger charge is 2.47. The van der Waals surface area contributed by atoms with Crippen LogP contribution in [0.15, 0.2) is 65.1 Å². The molecule has 0 saturated carbocycles. The zero-order chi connectivity index (χ0) is 20.5. The Bertz CT molecular complexity index is 1020. The quantitative estimate of drug-likeness (QED) is 0.396. The first-order chi connectivity index (χ1) is 14.0. The molecule has 1 aliphatic heterocycles. The molecule has 6 nitrogen and oxygen atoms in total. The maximum Gasteiger partial charge on any atom is 0.490 e. The number of hydrogen-bond donors (Lipinski definition) is 3. The highest BCUT2D eigenvalue weighted by atomic mass is 35.5. The smallest absolute Gasteiger partial charge is 0.488 e. The fourth-order valence-corrected chi connectivity index (χ4v) is 3.84. The normalized spacial score (nSPS) is 21.1. The minimum Gasteiger partial charge on any atom is -0.488 e. The van der Waals surface area contributed by atoms with Crippen LogP contribution in [0.5, 0.6) is 5.75 Å². The average Bonchev–Trinajstić information content (AvgIpc) is 3.06. The zero-order valence-electron chi connectivity index (χ0n) is 15.3. The molecule has 148 valence electrons. The van der Waals surface area contributed by atoms with Crippen molar-refractivity contribution in [2.45, 2.75) is 19.1 Å². The monoisotopic (exact) mass is 413 g/mol. The molecule has 1 aliphatic carbocycles. The lowest BCUT2D eigenvalue weighted by atomic mass is 9.70. The summed E-state index contributed by atoms with van der Waals surface area (Å²) >= 11 is 5.87. The Morgan fingerprint density at radius 2 is 2.28 bits per heavy atom. The number of nitrogens with one attached hydrogen (secondary N) is 1. The van der Waals surface area contributed by atoms with Crippen LogP contribution in [0.3, 0.4) is 0 Å². The van der Waals surface area contributed by atoms with E-state index in [-0.39, 0.29) is 28.9 Å². The maximum atomic E-state index is 14.4. The number of hydrogen-bond acceptors (Lipinski definition) is 5. The SMILES string of the molecule is N=C(N)c1ccc(C2OB(O)C3=C(F)C(Cl)=CCC32)cc1OCc1cccnc1. The predicted molar refractivity (Wildman–Crippen MR) is 108 cm³/mol. The molecule has 9 heteroatoms. The average molecular weight is 414 g/mol. The number of nitrogens with zero attached hydrogens (tertiary/aromatic N) is 1. The molecule has 4 N–H and O–H groups in total. The van der Waals surface area contributed by atoms with Crippen LogP contribution >= 0.6 is 11.6 Å². The molecular weight excluding hydrogens is 396 g/mol. The number of amidine groups is 1. The lowest BCUT2D eigenvalue weighted by Crippen LogP contribution is -2.17. The van der Waals surface area contributed by atoms with E-state index < -0.39 is 19.0 Å². The van der Waals surface area contributed by atoms with Crippen LogP contribution in [0.2, 0.25) is 0 Å². The Hall–Kier alpha value is -2.68. The Kier molecular flexibility index (Phi) is 5.40. The van der Waals surface area contributed by atoms with Crippen LogP contribution in [-0.4, -0.2) is 23.0 Å². The molecule has 1 aromatic carbocycles. The second-order valence-corrected chi connectivity index (χ2v) is 7.30. The second-order valence-electron chi connectivity index (χ2n) is 6.89. The maximum absolute atomic E-state index is 14.4. The van der Waals surface area contributed by atoms with Crippen LogP contribution < -0.4 is 10.5 Å². The van der Waals surface area contributed by atoms with Crippen molar-refractivity contribution < 1.29 is 18.8 Å². The molecule has 1 fully saturated rings. The minimum atomic E-state index is -1.36. The van der Waals surface area contributed by atoms with Gasteiger partial charge in [-0.25, -0.2) is 4.39 Å². The van der Waals surface area contributed by atoms with Gasteiger partial charge in [0.2, 0.25) is 0 Å². The molecule has 0 spiro atoms. The third-order valence-electron chi connectivity index (χ3n) is 5.06. The van der Waals surface area contributed by atoms with E-state index in [1.807, 2.05) is 6.07 Å². The molecule has 29 heavy (non-hydrogen) atoms. The number of nitrogens with two attached hydrogens (primary N) is 1. The number of allylic oxidation sites excluding steroid dienone is 3. The van der Waals surface area contributed by atoms with Gasteiger partial charge in [-0.2, -0.15) is 0 Å². The Morgan fingerprint density at radius 1 is 1.45 bits per heavy atom. The Labute approximate surface area is 172 Å². The van der Waals surface area contributed by atoms with E-state index >= 15 is 0 Å². The highest BCUT2D eigenvalue weighted by Crippen LogP contribution is 2.48. The van der Waals surface area contributed by atoms with Crippen molar-refractivity contribution in [2.24, 2.45) is 11.7 Å². The molecule has 0 radical (unpaired) electrons. The Balaban J connectivity index is 1.64. The molecule has 1 aromatic heterocycles. The molecule has 0 bridgehead atoms. The number of pyridine rings is 1. The van der Waals surface area contributed by atoms with Gasteiger partial charge in [-0.05, 0) is 30.2 Å². The molecule has 4 rings (SSSR count). The van der Waals surface area contributed by atoms with E-state index in [9.17, 15) is 9.41 Å². The summed E-state index contributed by atoms with van der Waals surface area (Å²) < 4.78 is 25.9. The van der Waals surface area contributed by atoms with Gasteiger partial charge in [0, 0.05) is 29.3 Å². The first-order valence-corrected chi connectivity index (χ1v) is 9.42. The van der Waals surface area contributed by atoms with E-state index in [1.54, 1.807) is 42.7 Å². The number of benzene rings is 1. The molecule has 1 saturated heterocycles. The largest absolute Gasteiger partial charge is 0.490 e. The summed E-state index contributed by atoms with van der Waals surface area (Å²) in [6, 6.07) is 8.80. The third-order valence-corrected chi connectivity index (χ3v) is 5.38. The van der Waals surface area contributed by atoms with Crippen molar-refractivity contribution in [3.63, 3.8) is 0 Å². The van der Waals surface area contributed by atoms with E-state index in [0.717, 1.165) is 5.56 Å². The second kappa shape index (κ2) is 7.98. The van der Waals surface area contributed by atoms with Crippen LogP contribution in [-0.2, 0) is 11.3 Å². The van der Waals surface area contributed by atoms with Crippen molar-refractivity contribution in [1.29, 1.82) is 5.41 Å². The van der Waals surface area contributed by atoms with Crippen LogP contribution in [0.1, 0.15) is 29.2 Å². The summed E-state index contributed by atoms with van der Waals surface area (Å²) in [5, 5.41) is 18.0. The topological polar surface area (TPSA) is 101 Å². The van der Waals surface area contributed by atoms with Crippen LogP contribution in [0.4, 0.5) is 4.39 Å². The van der Waals surface area contributed by atoms with Crippen LogP contribution in [0.25, 0.3) is 0 Å². The lowest BCUT2D eigenvalue weighted by molar-refractivity contribution is 0.166. The predicted octanol–water partition coefficient (Wildman–Crippen LogP) is 3.40. The van der Waals surface area contributed by atoms with Crippen molar-refractivity contribution >= 4 is 24.6 Å². The van der Waals surface area contributed by atoms with Gasteiger partial charge < -0.3 is 20.1 Å². The van der Waals surface area contributed by atoms with Gasteiger partial charge >= 0.3 is 7.12 Å².